The Morgan fingerprint density at radius 2 is 1.90 bits per heavy atom. The van der Waals surface area contributed by atoms with Crippen LogP contribution in [0.2, 0.25) is 0 Å². The van der Waals surface area contributed by atoms with Crippen molar-refractivity contribution in [2.24, 2.45) is 0 Å². The van der Waals surface area contributed by atoms with Crippen LogP contribution in [0.3, 0.4) is 0 Å². The summed E-state index contributed by atoms with van der Waals surface area (Å²) in [7, 11) is 0. The lowest BCUT2D eigenvalue weighted by Crippen LogP contribution is -2.12. The van der Waals surface area contributed by atoms with E-state index in [0.29, 0.717) is 10.8 Å². The van der Waals surface area contributed by atoms with Crippen LogP contribution in [0, 0.1) is 0 Å². The molecule has 5 nitrogen and oxygen atoms in total. The number of carbonyl (C=O) groups excluding carboxylic acids is 1. The number of nitrogens with one attached hydrogen (secondary N) is 2. The van der Waals surface area contributed by atoms with Gasteiger partial charge in [-0.25, -0.2) is 4.98 Å². The van der Waals surface area contributed by atoms with Crippen molar-refractivity contribution in [2.75, 3.05) is 5.32 Å². The summed E-state index contributed by atoms with van der Waals surface area (Å²) >= 11 is 1.45. The van der Waals surface area contributed by atoms with E-state index in [4.69, 9.17) is 0 Å². The van der Waals surface area contributed by atoms with Crippen LogP contribution in [-0.2, 0) is 0 Å². The van der Waals surface area contributed by atoms with E-state index in [-0.39, 0.29) is 5.91 Å². The Balaban J connectivity index is 1.69. The molecule has 0 unspecified atom stereocenters. The van der Waals surface area contributed by atoms with Crippen molar-refractivity contribution in [3.05, 3.63) is 54.2 Å². The molecule has 4 aromatic rings. The normalized spacial score (nSPS) is 11.0. The first kappa shape index (κ1) is 12.0. The molecule has 102 valence electrons. The number of hydrogen-bond donors (Lipinski definition) is 2. The van der Waals surface area contributed by atoms with Crippen molar-refractivity contribution in [1.82, 2.24) is 15.2 Å². The van der Waals surface area contributed by atoms with Crippen molar-refractivity contribution in [2.45, 2.75) is 0 Å². The van der Waals surface area contributed by atoms with E-state index >= 15 is 0 Å². The van der Waals surface area contributed by atoms with Gasteiger partial charge in [-0.05, 0) is 18.2 Å². The largest absolute Gasteiger partial charge is 0.296 e. The summed E-state index contributed by atoms with van der Waals surface area (Å²) in [6.07, 6.45) is 0. The number of benzene rings is 2. The Hall–Kier alpha value is -2.73. The van der Waals surface area contributed by atoms with Gasteiger partial charge in [0.15, 0.2) is 10.8 Å². The second-order valence-corrected chi connectivity index (χ2v) is 5.59. The van der Waals surface area contributed by atoms with Crippen LogP contribution >= 0.6 is 11.3 Å². The molecule has 0 aliphatic heterocycles. The van der Waals surface area contributed by atoms with Gasteiger partial charge in [0.25, 0.3) is 5.91 Å². The first-order chi connectivity index (χ1) is 10.3. The zero-order chi connectivity index (χ0) is 14.2. The molecule has 4 rings (SSSR count). The summed E-state index contributed by atoms with van der Waals surface area (Å²) < 4.78 is 1.04. The molecule has 2 heterocycles. The smallest absolute Gasteiger partial charge is 0.278 e. The third-order valence-corrected chi connectivity index (χ3v) is 4.15. The molecule has 0 saturated heterocycles. The zero-order valence-corrected chi connectivity index (χ0v) is 11.6. The van der Waals surface area contributed by atoms with Crippen LogP contribution in [-0.4, -0.2) is 21.1 Å². The molecule has 0 aliphatic carbocycles. The van der Waals surface area contributed by atoms with E-state index in [0.717, 1.165) is 21.1 Å². The Kier molecular flexibility index (Phi) is 2.68. The summed E-state index contributed by atoms with van der Waals surface area (Å²) in [5, 5.41) is 11.1. The summed E-state index contributed by atoms with van der Waals surface area (Å²) in [4.78, 5) is 16.7. The SMILES string of the molecule is O=C(Nc1nc2ccccc2s1)c1n[nH]c2ccccc12. The fourth-order valence-corrected chi connectivity index (χ4v) is 3.08. The summed E-state index contributed by atoms with van der Waals surface area (Å²) in [5.74, 6) is -0.258. The third-order valence-electron chi connectivity index (χ3n) is 3.20. The van der Waals surface area contributed by atoms with Crippen molar-refractivity contribution in [3.8, 4) is 0 Å². The maximum atomic E-state index is 12.3. The summed E-state index contributed by atoms with van der Waals surface area (Å²) in [5.41, 5.74) is 2.10. The lowest BCUT2D eigenvalue weighted by Gasteiger charge is -1.98. The van der Waals surface area contributed by atoms with Crippen LogP contribution in [0.1, 0.15) is 10.5 Å². The highest BCUT2D eigenvalue weighted by molar-refractivity contribution is 7.22. The summed E-state index contributed by atoms with van der Waals surface area (Å²) in [6, 6.07) is 15.3. The Morgan fingerprint density at radius 1 is 1.10 bits per heavy atom. The van der Waals surface area contributed by atoms with Gasteiger partial charge in [0.1, 0.15) is 0 Å². The molecule has 21 heavy (non-hydrogen) atoms. The number of rotatable bonds is 2. The molecule has 1 amide bonds. The van der Waals surface area contributed by atoms with Crippen molar-refractivity contribution < 1.29 is 4.79 Å². The third kappa shape index (κ3) is 2.05. The standard InChI is InChI=1S/C15H10N4OS/c20-14(13-9-5-1-2-6-10(9)18-19-13)17-15-16-11-7-3-4-8-12(11)21-15/h1-8H,(H,18,19)(H,16,17,20). The number of carbonyl (C=O) groups is 1. The Bertz CT molecular complexity index is 923. The van der Waals surface area contributed by atoms with Gasteiger partial charge in [0.05, 0.1) is 15.7 Å². The van der Waals surface area contributed by atoms with Crippen LogP contribution in [0.15, 0.2) is 48.5 Å². The first-order valence-electron chi connectivity index (χ1n) is 6.41. The lowest BCUT2D eigenvalue weighted by molar-refractivity contribution is 0.102. The number of nitrogens with zero attached hydrogens (tertiary/aromatic N) is 2. The second-order valence-electron chi connectivity index (χ2n) is 4.56. The molecule has 2 aromatic heterocycles. The van der Waals surface area contributed by atoms with Crippen molar-refractivity contribution in [1.29, 1.82) is 0 Å². The zero-order valence-electron chi connectivity index (χ0n) is 10.8. The minimum Gasteiger partial charge on any atom is -0.296 e. The van der Waals surface area contributed by atoms with E-state index < -0.39 is 0 Å². The molecule has 0 bridgehead atoms. The van der Waals surface area contributed by atoms with Gasteiger partial charge in [-0.1, -0.05) is 41.7 Å². The average molecular weight is 294 g/mol. The number of thiazole rings is 1. The van der Waals surface area contributed by atoms with Crippen LogP contribution < -0.4 is 5.32 Å². The predicted molar refractivity (Wildman–Crippen MR) is 83.7 cm³/mol. The van der Waals surface area contributed by atoms with Gasteiger partial charge < -0.3 is 0 Å². The van der Waals surface area contributed by atoms with E-state index in [1.165, 1.54) is 11.3 Å². The van der Waals surface area contributed by atoms with E-state index in [2.05, 4.69) is 20.5 Å². The molecule has 2 N–H and O–H groups in total. The molecule has 0 aliphatic rings. The first-order valence-corrected chi connectivity index (χ1v) is 7.23. The summed E-state index contributed by atoms with van der Waals surface area (Å²) in [6.45, 7) is 0. The fraction of sp³-hybridized carbons (Fsp3) is 0. The number of aromatic nitrogens is 3. The predicted octanol–water partition coefficient (Wildman–Crippen LogP) is 3.42. The van der Waals surface area contributed by atoms with Crippen LogP contribution in [0.25, 0.3) is 21.1 Å². The molecule has 0 spiro atoms. The van der Waals surface area contributed by atoms with E-state index in [1.54, 1.807) is 0 Å². The van der Waals surface area contributed by atoms with Gasteiger partial charge in [-0.3, -0.25) is 15.2 Å². The fourth-order valence-electron chi connectivity index (χ4n) is 2.22. The minimum absolute atomic E-state index is 0.258. The van der Waals surface area contributed by atoms with Crippen molar-refractivity contribution >= 4 is 43.5 Å². The van der Waals surface area contributed by atoms with Crippen LogP contribution in [0.4, 0.5) is 5.13 Å². The molecule has 0 atom stereocenters. The maximum Gasteiger partial charge on any atom is 0.278 e. The van der Waals surface area contributed by atoms with Gasteiger partial charge >= 0.3 is 0 Å². The number of anilines is 1. The molecule has 0 saturated carbocycles. The molecular weight excluding hydrogens is 284 g/mol. The number of H-pyrrole nitrogens is 1. The van der Waals surface area contributed by atoms with Gasteiger partial charge in [0, 0.05) is 5.39 Å². The number of fused-ring (bicyclic) bond motifs is 2. The monoisotopic (exact) mass is 294 g/mol. The second kappa shape index (κ2) is 4.68. The number of hydrogen-bond acceptors (Lipinski definition) is 4. The lowest BCUT2D eigenvalue weighted by atomic mass is 10.2. The van der Waals surface area contributed by atoms with Gasteiger partial charge in [-0.15, -0.1) is 0 Å². The highest BCUT2D eigenvalue weighted by Crippen LogP contribution is 2.26. The number of para-hydroxylation sites is 2. The highest BCUT2D eigenvalue weighted by Gasteiger charge is 2.15. The van der Waals surface area contributed by atoms with E-state index in [9.17, 15) is 4.79 Å². The molecule has 2 aromatic carbocycles. The van der Waals surface area contributed by atoms with Crippen molar-refractivity contribution in [3.63, 3.8) is 0 Å². The molecule has 0 radical (unpaired) electrons. The number of amides is 1. The molecular formula is C15H10N4OS. The maximum absolute atomic E-state index is 12.3. The average Bonchev–Trinajstić information content (AvgIpc) is 3.10. The number of aromatic amines is 1. The quantitative estimate of drug-likeness (QED) is 0.595. The molecule has 6 heteroatoms. The van der Waals surface area contributed by atoms with E-state index in [1.807, 2.05) is 48.5 Å². The minimum atomic E-state index is -0.258. The topological polar surface area (TPSA) is 70.7 Å². The Labute approximate surface area is 123 Å². The van der Waals surface area contributed by atoms with Gasteiger partial charge in [-0.2, -0.15) is 5.10 Å². The van der Waals surface area contributed by atoms with Gasteiger partial charge in [0.2, 0.25) is 0 Å². The highest BCUT2D eigenvalue weighted by atomic mass is 32.1. The van der Waals surface area contributed by atoms with Crippen LogP contribution in [0.5, 0.6) is 0 Å². The molecule has 0 fully saturated rings. The Morgan fingerprint density at radius 3 is 2.81 bits per heavy atom.